The molecule has 1 aromatic carbocycles. The van der Waals surface area contributed by atoms with E-state index in [1.165, 1.54) is 11.2 Å². The molecule has 0 N–H and O–H groups in total. The van der Waals surface area contributed by atoms with E-state index in [1.54, 1.807) is 12.1 Å². The van der Waals surface area contributed by atoms with Gasteiger partial charge in [-0.2, -0.15) is 5.26 Å². The maximum Gasteiger partial charge on any atom is 0.290 e. The summed E-state index contributed by atoms with van der Waals surface area (Å²) in [6, 6.07) is 14.0. The third-order valence-electron chi connectivity index (χ3n) is 3.07. The van der Waals surface area contributed by atoms with Crippen LogP contribution in [0, 0.1) is 11.3 Å². The summed E-state index contributed by atoms with van der Waals surface area (Å²) in [4.78, 5) is 14.0. The van der Waals surface area contributed by atoms with Gasteiger partial charge in [-0.1, -0.05) is 30.3 Å². The van der Waals surface area contributed by atoms with Gasteiger partial charge in [0.05, 0.1) is 12.3 Å². The predicted molar refractivity (Wildman–Crippen MR) is 79.9 cm³/mol. The van der Waals surface area contributed by atoms with E-state index in [4.69, 9.17) is 16.0 Å². The first-order chi connectivity index (χ1) is 10.3. The van der Waals surface area contributed by atoms with Gasteiger partial charge in [-0.25, -0.2) is 0 Å². The number of hydrogen-bond donors (Lipinski definition) is 0. The van der Waals surface area contributed by atoms with E-state index in [0.29, 0.717) is 18.8 Å². The summed E-state index contributed by atoms with van der Waals surface area (Å²) in [7, 11) is 0. The fraction of sp³-hybridized carbons (Fsp3) is 0.250. The Morgan fingerprint density at radius 1 is 1.29 bits per heavy atom. The summed E-state index contributed by atoms with van der Waals surface area (Å²) < 4.78 is 5.15. The van der Waals surface area contributed by atoms with E-state index in [2.05, 4.69) is 6.07 Å². The molecule has 1 amide bonds. The van der Waals surface area contributed by atoms with E-state index in [1.807, 2.05) is 30.3 Å². The second kappa shape index (κ2) is 7.51. The monoisotopic (exact) mass is 302 g/mol. The molecule has 0 aliphatic heterocycles. The van der Waals surface area contributed by atoms with Gasteiger partial charge in [0.2, 0.25) is 0 Å². The Morgan fingerprint density at radius 3 is 2.62 bits per heavy atom. The van der Waals surface area contributed by atoms with Crippen molar-refractivity contribution < 1.29 is 9.21 Å². The van der Waals surface area contributed by atoms with Crippen LogP contribution >= 0.6 is 11.6 Å². The topological polar surface area (TPSA) is 57.2 Å². The van der Waals surface area contributed by atoms with Crippen molar-refractivity contribution in [2.24, 2.45) is 0 Å². The molecule has 0 fully saturated rings. The Hall–Kier alpha value is -2.25. The van der Waals surface area contributed by atoms with Crippen molar-refractivity contribution in [3.8, 4) is 6.07 Å². The molecular formula is C16H15ClN2O2. The summed E-state index contributed by atoms with van der Waals surface area (Å²) in [6.45, 7) is 0.399. The molecule has 0 aliphatic rings. The number of hydrogen-bond acceptors (Lipinski definition) is 3. The van der Waals surface area contributed by atoms with E-state index in [0.717, 1.165) is 5.56 Å². The van der Waals surface area contributed by atoms with Crippen molar-refractivity contribution in [1.29, 1.82) is 5.26 Å². The highest BCUT2D eigenvalue weighted by molar-refractivity contribution is 6.17. The second-order valence-corrected chi connectivity index (χ2v) is 4.84. The number of amides is 1. The molecule has 4 nitrogen and oxygen atoms in total. The zero-order chi connectivity index (χ0) is 15.1. The maximum atomic E-state index is 12.5. The Labute approximate surface area is 128 Å². The van der Waals surface area contributed by atoms with Crippen molar-refractivity contribution in [3.63, 3.8) is 0 Å². The molecule has 0 saturated carbocycles. The Kier molecular flexibility index (Phi) is 5.42. The predicted octanol–water partition coefficient (Wildman–Crippen LogP) is 3.62. The lowest BCUT2D eigenvalue weighted by Crippen LogP contribution is -2.35. The van der Waals surface area contributed by atoms with Gasteiger partial charge in [-0.3, -0.25) is 4.79 Å². The van der Waals surface area contributed by atoms with Crippen LogP contribution in [0.4, 0.5) is 0 Å². The normalized spacial score (nSPS) is 11.6. The van der Waals surface area contributed by atoms with Gasteiger partial charge >= 0.3 is 0 Å². The molecule has 1 aromatic heterocycles. The van der Waals surface area contributed by atoms with Gasteiger partial charge < -0.3 is 9.32 Å². The lowest BCUT2D eigenvalue weighted by atomic mass is 10.1. The van der Waals surface area contributed by atoms with Crippen LogP contribution in [0.3, 0.4) is 0 Å². The number of nitriles is 1. The van der Waals surface area contributed by atoms with Gasteiger partial charge in [-0.05, 0) is 24.1 Å². The van der Waals surface area contributed by atoms with Crippen molar-refractivity contribution in [1.82, 2.24) is 4.90 Å². The number of rotatable bonds is 6. The first-order valence-electron chi connectivity index (χ1n) is 6.63. The number of carbonyl (C=O) groups is 1. The van der Waals surface area contributed by atoms with Crippen LogP contribution in [-0.4, -0.2) is 23.2 Å². The molecular weight excluding hydrogens is 288 g/mol. The van der Waals surface area contributed by atoms with Crippen molar-refractivity contribution >= 4 is 17.5 Å². The first-order valence-corrected chi connectivity index (χ1v) is 7.16. The van der Waals surface area contributed by atoms with E-state index in [-0.39, 0.29) is 11.7 Å². The second-order valence-electron chi connectivity index (χ2n) is 4.46. The lowest BCUT2D eigenvalue weighted by Gasteiger charge is -2.26. The maximum absolute atomic E-state index is 12.5. The fourth-order valence-electron chi connectivity index (χ4n) is 2.08. The average molecular weight is 303 g/mol. The summed E-state index contributed by atoms with van der Waals surface area (Å²) in [5.41, 5.74) is 0.773. The zero-order valence-corrected chi connectivity index (χ0v) is 12.2. The molecule has 2 rings (SSSR count). The highest BCUT2D eigenvalue weighted by Gasteiger charge is 2.27. The Balaban J connectivity index is 2.30. The number of nitrogens with zero attached hydrogens (tertiary/aromatic N) is 2. The standard InChI is InChI=1S/C16H15ClN2O2/c17-9-5-10-19(16(20)15-8-4-11-21-15)14(12-18)13-6-2-1-3-7-13/h1-4,6-8,11,14H,5,9-10H2/t14-/m1/s1. The number of halogens is 1. The third-order valence-corrected chi connectivity index (χ3v) is 3.34. The molecule has 21 heavy (non-hydrogen) atoms. The largest absolute Gasteiger partial charge is 0.459 e. The SMILES string of the molecule is N#C[C@H](c1ccccc1)N(CCCCl)C(=O)c1ccco1. The molecule has 0 unspecified atom stereocenters. The number of benzene rings is 1. The summed E-state index contributed by atoms with van der Waals surface area (Å²) >= 11 is 5.72. The van der Waals surface area contributed by atoms with Crippen LogP contribution in [0.2, 0.25) is 0 Å². The molecule has 0 saturated heterocycles. The van der Waals surface area contributed by atoms with Crippen LogP contribution in [0.15, 0.2) is 53.1 Å². The fourth-order valence-corrected chi connectivity index (χ4v) is 2.20. The summed E-state index contributed by atoms with van der Waals surface area (Å²) in [5, 5.41) is 9.49. The van der Waals surface area contributed by atoms with Crippen LogP contribution in [0.25, 0.3) is 0 Å². The summed E-state index contributed by atoms with van der Waals surface area (Å²) in [6.07, 6.45) is 2.05. The molecule has 1 atom stereocenters. The minimum absolute atomic E-state index is 0.223. The smallest absolute Gasteiger partial charge is 0.290 e. The van der Waals surface area contributed by atoms with E-state index < -0.39 is 6.04 Å². The molecule has 2 aromatic rings. The van der Waals surface area contributed by atoms with Gasteiger partial charge in [0.1, 0.15) is 6.04 Å². The van der Waals surface area contributed by atoms with Crippen LogP contribution in [-0.2, 0) is 0 Å². The van der Waals surface area contributed by atoms with Crippen molar-refractivity contribution in [2.75, 3.05) is 12.4 Å². The van der Waals surface area contributed by atoms with Gasteiger partial charge in [0.25, 0.3) is 5.91 Å². The molecule has 1 heterocycles. The molecule has 0 radical (unpaired) electrons. The quantitative estimate of drug-likeness (QED) is 0.766. The van der Waals surface area contributed by atoms with E-state index in [9.17, 15) is 10.1 Å². The molecule has 5 heteroatoms. The number of furan rings is 1. The average Bonchev–Trinajstić information content (AvgIpc) is 3.06. The Morgan fingerprint density at radius 2 is 2.05 bits per heavy atom. The van der Waals surface area contributed by atoms with E-state index >= 15 is 0 Å². The van der Waals surface area contributed by atoms with Crippen LogP contribution in [0.5, 0.6) is 0 Å². The molecule has 0 spiro atoms. The highest BCUT2D eigenvalue weighted by Crippen LogP contribution is 2.22. The molecule has 108 valence electrons. The lowest BCUT2D eigenvalue weighted by molar-refractivity contribution is 0.0684. The molecule has 0 bridgehead atoms. The first kappa shape index (κ1) is 15.1. The minimum atomic E-state index is -0.660. The zero-order valence-electron chi connectivity index (χ0n) is 11.4. The number of alkyl halides is 1. The molecule has 0 aliphatic carbocycles. The Bertz CT molecular complexity index is 605. The summed E-state index contributed by atoms with van der Waals surface area (Å²) in [5.74, 6) is 0.343. The van der Waals surface area contributed by atoms with Crippen molar-refractivity contribution in [3.05, 3.63) is 60.1 Å². The van der Waals surface area contributed by atoms with Crippen molar-refractivity contribution in [2.45, 2.75) is 12.5 Å². The minimum Gasteiger partial charge on any atom is -0.459 e. The van der Waals surface area contributed by atoms with Gasteiger partial charge in [0.15, 0.2) is 5.76 Å². The highest BCUT2D eigenvalue weighted by atomic mass is 35.5. The van der Waals surface area contributed by atoms with Crippen LogP contribution in [0.1, 0.15) is 28.6 Å². The third kappa shape index (κ3) is 3.65. The van der Waals surface area contributed by atoms with Gasteiger partial charge in [0, 0.05) is 12.4 Å². The number of carbonyl (C=O) groups excluding carboxylic acids is 1. The van der Waals surface area contributed by atoms with Gasteiger partial charge in [-0.15, -0.1) is 11.6 Å². The van der Waals surface area contributed by atoms with Crippen LogP contribution < -0.4 is 0 Å².